The van der Waals surface area contributed by atoms with E-state index in [9.17, 15) is 4.79 Å². The SMILES string of the molecule is COc1cccc2c(C(=O)O)cnnc12. The Morgan fingerprint density at radius 3 is 2.93 bits per heavy atom. The van der Waals surface area contributed by atoms with E-state index in [0.29, 0.717) is 16.7 Å². The molecule has 1 N–H and O–H groups in total. The zero-order chi connectivity index (χ0) is 10.8. The Labute approximate surface area is 85.3 Å². The number of rotatable bonds is 2. The average Bonchev–Trinajstić information content (AvgIpc) is 2.27. The highest BCUT2D eigenvalue weighted by molar-refractivity contribution is 6.03. The molecule has 5 heteroatoms. The summed E-state index contributed by atoms with van der Waals surface area (Å²) in [6, 6.07) is 5.11. The zero-order valence-electron chi connectivity index (χ0n) is 7.97. The number of ether oxygens (including phenoxy) is 1. The van der Waals surface area contributed by atoms with Crippen molar-refractivity contribution in [3.8, 4) is 5.75 Å². The molecule has 1 heterocycles. The quantitative estimate of drug-likeness (QED) is 0.799. The normalized spacial score (nSPS) is 10.2. The second-order valence-corrected chi connectivity index (χ2v) is 2.92. The maximum atomic E-state index is 10.9. The van der Waals surface area contributed by atoms with Crippen molar-refractivity contribution < 1.29 is 14.6 Å². The van der Waals surface area contributed by atoms with Crippen LogP contribution in [0.5, 0.6) is 5.75 Å². The molecule has 0 aliphatic rings. The van der Waals surface area contributed by atoms with Crippen LogP contribution in [0.15, 0.2) is 24.4 Å². The summed E-state index contributed by atoms with van der Waals surface area (Å²) in [6.07, 6.45) is 1.23. The van der Waals surface area contributed by atoms with E-state index in [1.165, 1.54) is 13.3 Å². The van der Waals surface area contributed by atoms with Crippen LogP contribution < -0.4 is 4.74 Å². The first-order valence-electron chi connectivity index (χ1n) is 4.25. The van der Waals surface area contributed by atoms with Crippen LogP contribution in [0.4, 0.5) is 0 Å². The Bertz CT molecular complexity index is 525. The number of nitrogens with zero attached hydrogens (tertiary/aromatic N) is 2. The Kier molecular flexibility index (Phi) is 2.21. The number of aromatic carboxylic acids is 1. The predicted molar refractivity (Wildman–Crippen MR) is 53.0 cm³/mol. The largest absolute Gasteiger partial charge is 0.494 e. The molecular formula is C10H8N2O3. The fourth-order valence-corrected chi connectivity index (χ4v) is 1.39. The number of carboxylic acid groups (broad SMARTS) is 1. The Balaban J connectivity index is 2.82. The molecule has 2 aromatic rings. The second-order valence-electron chi connectivity index (χ2n) is 2.92. The molecule has 1 aromatic heterocycles. The highest BCUT2D eigenvalue weighted by Crippen LogP contribution is 2.24. The van der Waals surface area contributed by atoms with Gasteiger partial charge in [0.15, 0.2) is 0 Å². The van der Waals surface area contributed by atoms with Gasteiger partial charge in [0, 0.05) is 5.39 Å². The number of fused-ring (bicyclic) bond motifs is 1. The van der Waals surface area contributed by atoms with Gasteiger partial charge in [-0.25, -0.2) is 4.79 Å². The second kappa shape index (κ2) is 3.53. The lowest BCUT2D eigenvalue weighted by atomic mass is 10.1. The maximum Gasteiger partial charge on any atom is 0.338 e. The van der Waals surface area contributed by atoms with Crippen LogP contribution in [0.2, 0.25) is 0 Å². The molecule has 5 nitrogen and oxygen atoms in total. The van der Waals surface area contributed by atoms with Gasteiger partial charge >= 0.3 is 5.97 Å². The van der Waals surface area contributed by atoms with Gasteiger partial charge in [-0.3, -0.25) is 0 Å². The van der Waals surface area contributed by atoms with Gasteiger partial charge in [-0.1, -0.05) is 12.1 Å². The Morgan fingerprint density at radius 1 is 1.47 bits per heavy atom. The Hall–Kier alpha value is -2.17. The van der Waals surface area contributed by atoms with E-state index in [0.717, 1.165) is 0 Å². The summed E-state index contributed by atoms with van der Waals surface area (Å²) in [4.78, 5) is 10.9. The molecule has 15 heavy (non-hydrogen) atoms. The van der Waals surface area contributed by atoms with Crippen molar-refractivity contribution >= 4 is 16.9 Å². The number of benzene rings is 1. The molecule has 0 saturated carbocycles. The smallest absolute Gasteiger partial charge is 0.338 e. The molecular weight excluding hydrogens is 196 g/mol. The van der Waals surface area contributed by atoms with Gasteiger partial charge in [0.2, 0.25) is 0 Å². The molecule has 0 spiro atoms. The number of hydrogen-bond acceptors (Lipinski definition) is 4. The minimum atomic E-state index is -1.02. The molecule has 0 unspecified atom stereocenters. The monoisotopic (exact) mass is 204 g/mol. The third kappa shape index (κ3) is 1.48. The average molecular weight is 204 g/mol. The minimum absolute atomic E-state index is 0.124. The van der Waals surface area contributed by atoms with Crippen LogP contribution in [-0.4, -0.2) is 28.4 Å². The van der Waals surface area contributed by atoms with Crippen LogP contribution in [0.25, 0.3) is 10.9 Å². The fraction of sp³-hybridized carbons (Fsp3) is 0.100. The highest BCUT2D eigenvalue weighted by atomic mass is 16.5. The number of aromatic nitrogens is 2. The summed E-state index contributed by atoms with van der Waals surface area (Å²) >= 11 is 0. The van der Waals surface area contributed by atoms with E-state index in [1.54, 1.807) is 18.2 Å². The summed E-state index contributed by atoms with van der Waals surface area (Å²) in [5.74, 6) is -0.508. The molecule has 0 amide bonds. The summed E-state index contributed by atoms with van der Waals surface area (Å²) in [5.41, 5.74) is 0.582. The molecule has 0 aliphatic heterocycles. The molecule has 0 saturated heterocycles. The maximum absolute atomic E-state index is 10.9. The van der Waals surface area contributed by atoms with Crippen LogP contribution in [0.3, 0.4) is 0 Å². The third-order valence-electron chi connectivity index (χ3n) is 2.08. The van der Waals surface area contributed by atoms with Crippen LogP contribution >= 0.6 is 0 Å². The highest BCUT2D eigenvalue weighted by Gasteiger charge is 2.11. The summed E-state index contributed by atoms with van der Waals surface area (Å²) in [5, 5.41) is 17.0. The van der Waals surface area contributed by atoms with E-state index in [4.69, 9.17) is 9.84 Å². The Morgan fingerprint density at radius 2 is 2.27 bits per heavy atom. The van der Waals surface area contributed by atoms with Crippen molar-refractivity contribution in [2.45, 2.75) is 0 Å². The van der Waals surface area contributed by atoms with Crippen molar-refractivity contribution in [3.05, 3.63) is 30.0 Å². The molecule has 2 rings (SSSR count). The van der Waals surface area contributed by atoms with Crippen LogP contribution in [-0.2, 0) is 0 Å². The minimum Gasteiger partial charge on any atom is -0.494 e. The summed E-state index contributed by atoms with van der Waals surface area (Å²) < 4.78 is 5.07. The zero-order valence-corrected chi connectivity index (χ0v) is 7.97. The topological polar surface area (TPSA) is 72.3 Å². The van der Waals surface area contributed by atoms with Crippen molar-refractivity contribution in [2.24, 2.45) is 0 Å². The van der Waals surface area contributed by atoms with Gasteiger partial charge in [-0.2, -0.15) is 5.10 Å². The lowest BCUT2D eigenvalue weighted by Gasteiger charge is -2.04. The number of carboxylic acids is 1. The molecule has 0 bridgehead atoms. The summed E-state index contributed by atoms with van der Waals surface area (Å²) in [7, 11) is 1.50. The molecule has 0 radical (unpaired) electrons. The summed E-state index contributed by atoms with van der Waals surface area (Å²) in [6.45, 7) is 0. The molecule has 0 fully saturated rings. The first kappa shape index (κ1) is 9.39. The first-order valence-corrected chi connectivity index (χ1v) is 4.25. The van der Waals surface area contributed by atoms with Gasteiger partial charge < -0.3 is 9.84 Å². The van der Waals surface area contributed by atoms with Crippen LogP contribution in [0.1, 0.15) is 10.4 Å². The lowest BCUT2D eigenvalue weighted by Crippen LogP contribution is -2.01. The van der Waals surface area contributed by atoms with Gasteiger partial charge in [-0.05, 0) is 6.07 Å². The number of methoxy groups -OCH3 is 1. The van der Waals surface area contributed by atoms with Gasteiger partial charge in [0.1, 0.15) is 11.3 Å². The molecule has 0 aliphatic carbocycles. The van der Waals surface area contributed by atoms with Crippen LogP contribution in [0, 0.1) is 0 Å². The van der Waals surface area contributed by atoms with E-state index < -0.39 is 5.97 Å². The molecule has 0 atom stereocenters. The first-order chi connectivity index (χ1) is 7.24. The van der Waals surface area contributed by atoms with Gasteiger partial charge in [0.05, 0.1) is 18.9 Å². The number of carbonyl (C=O) groups is 1. The van der Waals surface area contributed by atoms with E-state index in [-0.39, 0.29) is 5.56 Å². The van der Waals surface area contributed by atoms with Crippen molar-refractivity contribution in [2.75, 3.05) is 7.11 Å². The van der Waals surface area contributed by atoms with Gasteiger partial charge in [0.25, 0.3) is 0 Å². The predicted octanol–water partition coefficient (Wildman–Crippen LogP) is 1.34. The van der Waals surface area contributed by atoms with E-state index in [2.05, 4.69) is 10.2 Å². The molecule has 1 aromatic carbocycles. The van der Waals surface area contributed by atoms with Crippen molar-refractivity contribution in [1.29, 1.82) is 0 Å². The van der Waals surface area contributed by atoms with Gasteiger partial charge in [-0.15, -0.1) is 5.10 Å². The fourth-order valence-electron chi connectivity index (χ4n) is 1.39. The van der Waals surface area contributed by atoms with E-state index >= 15 is 0 Å². The standard InChI is InChI=1S/C10H8N2O3/c1-15-8-4-2-3-6-7(10(13)14)5-11-12-9(6)8/h2-5H,1H3,(H,13,14). The van der Waals surface area contributed by atoms with E-state index in [1.807, 2.05) is 0 Å². The van der Waals surface area contributed by atoms with Crippen molar-refractivity contribution in [3.63, 3.8) is 0 Å². The third-order valence-corrected chi connectivity index (χ3v) is 2.08. The number of hydrogen-bond donors (Lipinski definition) is 1. The molecule has 76 valence electrons. The lowest BCUT2D eigenvalue weighted by molar-refractivity contribution is 0.0698. The van der Waals surface area contributed by atoms with Crippen molar-refractivity contribution in [1.82, 2.24) is 10.2 Å².